The van der Waals surface area contributed by atoms with Gasteiger partial charge in [0.25, 0.3) is 0 Å². The molecular formula is C16H21ClN2O. The summed E-state index contributed by atoms with van der Waals surface area (Å²) in [7, 11) is 0. The van der Waals surface area contributed by atoms with Crippen LogP contribution in [0.15, 0.2) is 18.3 Å². The van der Waals surface area contributed by atoms with E-state index < -0.39 is 0 Å². The first kappa shape index (κ1) is 13.9. The van der Waals surface area contributed by atoms with Crippen LogP contribution in [0.4, 0.5) is 5.82 Å². The number of pyridine rings is 1. The van der Waals surface area contributed by atoms with Crippen molar-refractivity contribution in [1.82, 2.24) is 4.98 Å². The molecule has 2 fully saturated rings. The largest absolute Gasteiger partial charge is 0.309 e. The van der Waals surface area contributed by atoms with E-state index in [1.165, 1.54) is 32.1 Å². The predicted molar refractivity (Wildman–Crippen MR) is 80.7 cm³/mol. The van der Waals surface area contributed by atoms with Crippen LogP contribution >= 0.6 is 11.6 Å². The highest BCUT2D eigenvalue weighted by Crippen LogP contribution is 2.42. The van der Waals surface area contributed by atoms with Gasteiger partial charge in [-0.3, -0.25) is 4.79 Å². The number of amides is 1. The van der Waals surface area contributed by atoms with Gasteiger partial charge in [-0.15, -0.1) is 0 Å². The molecule has 0 spiro atoms. The second kappa shape index (κ2) is 6.13. The summed E-state index contributed by atoms with van der Waals surface area (Å²) in [5.41, 5.74) is 0. The fourth-order valence-electron chi connectivity index (χ4n) is 3.81. The maximum atomic E-state index is 12.4. The first-order valence-corrected chi connectivity index (χ1v) is 8.03. The second-order valence-electron chi connectivity index (χ2n) is 6.14. The van der Waals surface area contributed by atoms with Gasteiger partial charge in [0.2, 0.25) is 5.91 Å². The van der Waals surface area contributed by atoms with E-state index >= 15 is 0 Å². The summed E-state index contributed by atoms with van der Waals surface area (Å²) in [4.78, 5) is 16.5. The third-order valence-electron chi connectivity index (χ3n) is 4.91. The monoisotopic (exact) mass is 292 g/mol. The van der Waals surface area contributed by atoms with Crippen molar-refractivity contribution in [3.8, 4) is 0 Å². The van der Waals surface area contributed by atoms with E-state index in [2.05, 4.69) is 10.3 Å². The van der Waals surface area contributed by atoms with E-state index in [0.717, 1.165) is 24.7 Å². The van der Waals surface area contributed by atoms with Gasteiger partial charge >= 0.3 is 0 Å². The topological polar surface area (TPSA) is 42.0 Å². The van der Waals surface area contributed by atoms with Gasteiger partial charge in [-0.25, -0.2) is 4.98 Å². The fraction of sp³-hybridized carbons (Fsp3) is 0.625. The smallest absolute Gasteiger partial charge is 0.228 e. The van der Waals surface area contributed by atoms with E-state index in [1.54, 1.807) is 18.3 Å². The lowest BCUT2D eigenvalue weighted by molar-refractivity contribution is -0.122. The summed E-state index contributed by atoms with van der Waals surface area (Å²) in [5.74, 6) is 2.34. The Morgan fingerprint density at radius 3 is 2.80 bits per heavy atom. The van der Waals surface area contributed by atoms with Gasteiger partial charge in [-0.2, -0.15) is 0 Å². The number of hydrogen-bond donors (Lipinski definition) is 1. The number of anilines is 1. The van der Waals surface area contributed by atoms with Crippen LogP contribution in [0.25, 0.3) is 0 Å². The number of nitrogens with zero attached hydrogens (tertiary/aromatic N) is 1. The number of carbonyl (C=O) groups is 1. The zero-order chi connectivity index (χ0) is 13.9. The van der Waals surface area contributed by atoms with Gasteiger partial charge in [0.1, 0.15) is 0 Å². The Morgan fingerprint density at radius 1 is 1.20 bits per heavy atom. The molecule has 0 radical (unpaired) electrons. The Labute approximate surface area is 125 Å². The van der Waals surface area contributed by atoms with Crippen LogP contribution in [0, 0.1) is 17.8 Å². The molecule has 2 aliphatic carbocycles. The molecule has 2 aliphatic rings. The summed E-state index contributed by atoms with van der Waals surface area (Å²) in [6.45, 7) is 0. The first-order chi connectivity index (χ1) is 9.74. The molecule has 1 aromatic rings. The van der Waals surface area contributed by atoms with Crippen molar-refractivity contribution in [2.75, 3.05) is 5.32 Å². The maximum absolute atomic E-state index is 12.4. The van der Waals surface area contributed by atoms with Crippen molar-refractivity contribution < 1.29 is 4.79 Å². The lowest BCUT2D eigenvalue weighted by Gasteiger charge is -2.38. The minimum absolute atomic E-state index is 0.0922. The maximum Gasteiger partial charge on any atom is 0.228 e. The number of aromatic nitrogens is 1. The normalized spacial score (nSPS) is 29.6. The lowest BCUT2D eigenvalue weighted by atomic mass is 9.67. The number of nitrogens with one attached hydrogen (secondary N) is 1. The van der Waals surface area contributed by atoms with E-state index in [1.807, 2.05) is 0 Å². The van der Waals surface area contributed by atoms with Gasteiger partial charge in [-0.05, 0) is 43.2 Å². The molecule has 1 aromatic heterocycles. The van der Waals surface area contributed by atoms with Crippen LogP contribution in [0.2, 0.25) is 5.02 Å². The second-order valence-corrected chi connectivity index (χ2v) is 6.54. The molecular weight excluding hydrogens is 272 g/mol. The molecule has 0 aliphatic heterocycles. The third-order valence-corrected chi connectivity index (χ3v) is 5.22. The van der Waals surface area contributed by atoms with Crippen molar-refractivity contribution in [3.05, 3.63) is 23.4 Å². The highest BCUT2D eigenvalue weighted by Gasteiger charge is 2.35. The van der Waals surface area contributed by atoms with E-state index in [0.29, 0.717) is 10.8 Å². The summed E-state index contributed by atoms with van der Waals surface area (Å²) < 4.78 is 0. The molecule has 3 atom stereocenters. The van der Waals surface area contributed by atoms with Gasteiger partial charge in [0.05, 0.1) is 5.02 Å². The van der Waals surface area contributed by atoms with Gasteiger partial charge in [0.15, 0.2) is 5.82 Å². The molecule has 108 valence electrons. The zero-order valence-electron chi connectivity index (χ0n) is 11.6. The van der Waals surface area contributed by atoms with E-state index in [9.17, 15) is 4.79 Å². The molecule has 3 nitrogen and oxygen atoms in total. The molecule has 4 heteroatoms. The molecule has 0 saturated heterocycles. The number of carbonyl (C=O) groups excluding carboxylic acids is 1. The average molecular weight is 293 g/mol. The van der Waals surface area contributed by atoms with Crippen molar-refractivity contribution in [2.24, 2.45) is 17.8 Å². The summed E-state index contributed by atoms with van der Waals surface area (Å²) in [6, 6.07) is 3.52. The molecule has 0 aromatic carbocycles. The standard InChI is InChI=1S/C16H21ClN2O/c17-14-6-3-9-18-15(14)19-16(20)13-8-7-11-4-1-2-5-12(11)10-13/h3,6,9,11-13H,1-2,4-5,7-8,10H2,(H,18,19,20). The molecule has 1 heterocycles. The highest BCUT2D eigenvalue weighted by molar-refractivity contribution is 6.33. The molecule has 3 rings (SSSR count). The summed E-state index contributed by atoms with van der Waals surface area (Å²) in [5, 5.41) is 3.40. The molecule has 20 heavy (non-hydrogen) atoms. The average Bonchev–Trinajstić information content (AvgIpc) is 2.49. The van der Waals surface area contributed by atoms with Crippen LogP contribution in [-0.2, 0) is 4.79 Å². The summed E-state index contributed by atoms with van der Waals surface area (Å²) in [6.07, 6.45) is 10.3. The molecule has 1 amide bonds. The SMILES string of the molecule is O=C(Nc1ncccc1Cl)C1CCC2CCCCC2C1. The Kier molecular flexibility index (Phi) is 4.25. The Morgan fingerprint density at radius 2 is 2.00 bits per heavy atom. The van der Waals surface area contributed by atoms with E-state index in [-0.39, 0.29) is 11.8 Å². The van der Waals surface area contributed by atoms with Crippen LogP contribution in [0.5, 0.6) is 0 Å². The number of rotatable bonds is 2. The van der Waals surface area contributed by atoms with Gasteiger partial charge in [0, 0.05) is 12.1 Å². The van der Waals surface area contributed by atoms with Crippen molar-refractivity contribution in [2.45, 2.75) is 44.9 Å². The quantitative estimate of drug-likeness (QED) is 0.884. The van der Waals surface area contributed by atoms with Crippen molar-refractivity contribution >= 4 is 23.3 Å². The zero-order valence-corrected chi connectivity index (χ0v) is 12.4. The molecule has 0 bridgehead atoms. The van der Waals surface area contributed by atoms with Crippen LogP contribution in [-0.4, -0.2) is 10.9 Å². The minimum atomic E-state index is 0.0922. The highest BCUT2D eigenvalue weighted by atomic mass is 35.5. The third kappa shape index (κ3) is 2.98. The molecule has 2 saturated carbocycles. The van der Waals surface area contributed by atoms with Crippen molar-refractivity contribution in [3.63, 3.8) is 0 Å². The fourth-order valence-corrected chi connectivity index (χ4v) is 3.98. The van der Waals surface area contributed by atoms with Crippen LogP contribution < -0.4 is 5.32 Å². The van der Waals surface area contributed by atoms with Gasteiger partial charge < -0.3 is 5.32 Å². The number of fused-ring (bicyclic) bond motifs is 1. The Bertz CT molecular complexity index is 491. The van der Waals surface area contributed by atoms with E-state index in [4.69, 9.17) is 11.6 Å². The Hall–Kier alpha value is -1.09. The Balaban J connectivity index is 1.62. The van der Waals surface area contributed by atoms with Crippen LogP contribution in [0.1, 0.15) is 44.9 Å². The predicted octanol–water partition coefficient (Wildman–Crippen LogP) is 4.28. The lowest BCUT2D eigenvalue weighted by Crippen LogP contribution is -2.34. The van der Waals surface area contributed by atoms with Gasteiger partial charge in [-0.1, -0.05) is 37.3 Å². The number of hydrogen-bond acceptors (Lipinski definition) is 2. The molecule has 1 N–H and O–H groups in total. The first-order valence-electron chi connectivity index (χ1n) is 7.65. The molecule has 3 unspecified atom stereocenters. The van der Waals surface area contributed by atoms with Crippen molar-refractivity contribution in [1.29, 1.82) is 0 Å². The van der Waals surface area contributed by atoms with Crippen LogP contribution in [0.3, 0.4) is 0 Å². The number of halogens is 1. The minimum Gasteiger partial charge on any atom is -0.309 e. The summed E-state index contributed by atoms with van der Waals surface area (Å²) >= 11 is 6.04.